The van der Waals surface area contributed by atoms with Gasteiger partial charge in [0.25, 0.3) is 0 Å². The normalized spacial score (nSPS) is 10.2. The number of benzene rings is 2. The summed E-state index contributed by atoms with van der Waals surface area (Å²) in [5.41, 5.74) is 2.79. The fourth-order valence-corrected chi connectivity index (χ4v) is 1.62. The van der Waals surface area contributed by atoms with Crippen LogP contribution < -0.4 is 4.74 Å². The average molecular weight is 235 g/mol. The van der Waals surface area contributed by atoms with Crippen molar-refractivity contribution in [2.45, 2.75) is 0 Å². The third kappa shape index (κ3) is 2.99. The van der Waals surface area contributed by atoms with Gasteiger partial charge in [-0.2, -0.15) is 5.26 Å². The van der Waals surface area contributed by atoms with E-state index in [-0.39, 0.29) is 0 Å². The lowest BCUT2D eigenvalue weighted by Gasteiger charge is -1.99. The van der Waals surface area contributed by atoms with Crippen LogP contribution in [0, 0.1) is 11.3 Å². The lowest BCUT2D eigenvalue weighted by atomic mass is 10.1. The fraction of sp³-hybridized carbons (Fsp3) is 0.0625. The molecule has 0 saturated heterocycles. The molecule has 0 amide bonds. The quantitative estimate of drug-likeness (QED) is 0.759. The molecule has 2 heteroatoms. The van der Waals surface area contributed by atoms with Crippen molar-refractivity contribution in [3.63, 3.8) is 0 Å². The third-order valence-electron chi connectivity index (χ3n) is 2.60. The first-order valence-electron chi connectivity index (χ1n) is 5.64. The van der Waals surface area contributed by atoms with Gasteiger partial charge in [0.2, 0.25) is 0 Å². The van der Waals surface area contributed by atoms with E-state index in [2.05, 4.69) is 6.07 Å². The maximum Gasteiger partial charge on any atom is 0.118 e. The molecule has 2 rings (SSSR count). The molecule has 0 N–H and O–H groups in total. The molecule has 0 radical (unpaired) electrons. The van der Waals surface area contributed by atoms with Crippen molar-refractivity contribution in [1.82, 2.24) is 0 Å². The summed E-state index contributed by atoms with van der Waals surface area (Å²) in [5.74, 6) is 0.846. The first-order chi connectivity index (χ1) is 8.81. The van der Waals surface area contributed by atoms with Gasteiger partial charge in [-0.05, 0) is 35.4 Å². The van der Waals surface area contributed by atoms with Crippen LogP contribution in [0.15, 0.2) is 48.5 Å². The number of methoxy groups -OCH3 is 1. The maximum absolute atomic E-state index is 8.82. The SMILES string of the molecule is COc1ccc(/C=C/c2cccc(C#N)c2)cc1. The first-order valence-corrected chi connectivity index (χ1v) is 5.64. The standard InChI is InChI=1S/C16H13NO/c1-18-16-9-7-13(8-10-16)5-6-14-3-2-4-15(11-14)12-17/h2-11H,1H3/b6-5+. The Morgan fingerprint density at radius 2 is 1.72 bits per heavy atom. The van der Waals surface area contributed by atoms with Crippen LogP contribution in [0.1, 0.15) is 16.7 Å². The Hall–Kier alpha value is -2.53. The molecular weight excluding hydrogens is 222 g/mol. The molecule has 0 aliphatic heterocycles. The second-order valence-corrected chi connectivity index (χ2v) is 3.84. The molecule has 0 aliphatic rings. The van der Waals surface area contributed by atoms with Gasteiger partial charge in [0, 0.05) is 0 Å². The summed E-state index contributed by atoms with van der Waals surface area (Å²) in [6.45, 7) is 0. The van der Waals surface area contributed by atoms with Crippen LogP contribution in [-0.4, -0.2) is 7.11 Å². The largest absolute Gasteiger partial charge is 0.497 e. The van der Waals surface area contributed by atoms with Gasteiger partial charge >= 0.3 is 0 Å². The average Bonchev–Trinajstić information content (AvgIpc) is 2.46. The number of hydrogen-bond acceptors (Lipinski definition) is 2. The van der Waals surface area contributed by atoms with E-state index in [9.17, 15) is 0 Å². The minimum atomic E-state index is 0.673. The van der Waals surface area contributed by atoms with Crippen LogP contribution in [0.4, 0.5) is 0 Å². The minimum absolute atomic E-state index is 0.673. The van der Waals surface area contributed by atoms with Crippen molar-refractivity contribution < 1.29 is 4.74 Å². The van der Waals surface area contributed by atoms with Crippen LogP contribution in [0.2, 0.25) is 0 Å². The van der Waals surface area contributed by atoms with Crippen LogP contribution in [0.25, 0.3) is 12.2 Å². The van der Waals surface area contributed by atoms with E-state index in [1.165, 1.54) is 0 Å². The molecule has 0 aromatic heterocycles. The molecule has 2 aromatic rings. The Balaban J connectivity index is 2.16. The summed E-state index contributed by atoms with van der Waals surface area (Å²) in [4.78, 5) is 0. The molecule has 2 nitrogen and oxygen atoms in total. The number of hydrogen-bond donors (Lipinski definition) is 0. The second kappa shape index (κ2) is 5.70. The Kier molecular flexibility index (Phi) is 3.78. The van der Waals surface area contributed by atoms with Crippen LogP contribution >= 0.6 is 0 Å². The highest BCUT2D eigenvalue weighted by molar-refractivity contribution is 5.70. The predicted molar refractivity (Wildman–Crippen MR) is 73.1 cm³/mol. The Morgan fingerprint density at radius 1 is 1.00 bits per heavy atom. The van der Waals surface area contributed by atoms with Gasteiger partial charge in [-0.1, -0.05) is 36.4 Å². The summed E-state index contributed by atoms with van der Waals surface area (Å²) in [6, 6.07) is 17.5. The number of nitrogens with zero attached hydrogens (tertiary/aromatic N) is 1. The van der Waals surface area contributed by atoms with Crippen molar-refractivity contribution >= 4 is 12.2 Å². The lowest BCUT2D eigenvalue weighted by Crippen LogP contribution is -1.81. The predicted octanol–water partition coefficient (Wildman–Crippen LogP) is 3.74. The van der Waals surface area contributed by atoms with Gasteiger partial charge in [0.15, 0.2) is 0 Å². The topological polar surface area (TPSA) is 33.0 Å². The highest BCUT2D eigenvalue weighted by atomic mass is 16.5. The van der Waals surface area contributed by atoms with Gasteiger partial charge in [-0.25, -0.2) is 0 Å². The van der Waals surface area contributed by atoms with Crippen LogP contribution in [0.5, 0.6) is 5.75 Å². The highest BCUT2D eigenvalue weighted by Gasteiger charge is 1.92. The van der Waals surface area contributed by atoms with E-state index >= 15 is 0 Å². The number of rotatable bonds is 3. The molecule has 18 heavy (non-hydrogen) atoms. The molecule has 0 aliphatic carbocycles. The van der Waals surface area contributed by atoms with Crippen molar-refractivity contribution in [2.24, 2.45) is 0 Å². The van der Waals surface area contributed by atoms with Crippen molar-refractivity contribution in [2.75, 3.05) is 7.11 Å². The second-order valence-electron chi connectivity index (χ2n) is 3.84. The molecule has 0 atom stereocenters. The summed E-state index contributed by atoms with van der Waals surface area (Å²) >= 11 is 0. The van der Waals surface area contributed by atoms with Crippen molar-refractivity contribution in [3.8, 4) is 11.8 Å². The molecule has 0 saturated carbocycles. The number of nitriles is 1. The summed E-state index contributed by atoms with van der Waals surface area (Å²) < 4.78 is 5.10. The molecule has 0 spiro atoms. The monoisotopic (exact) mass is 235 g/mol. The van der Waals surface area contributed by atoms with Gasteiger partial charge in [-0.3, -0.25) is 0 Å². The number of ether oxygens (including phenoxy) is 1. The van der Waals surface area contributed by atoms with Gasteiger partial charge < -0.3 is 4.74 Å². The van der Waals surface area contributed by atoms with Crippen molar-refractivity contribution in [1.29, 1.82) is 5.26 Å². The van der Waals surface area contributed by atoms with E-state index in [1.54, 1.807) is 13.2 Å². The fourth-order valence-electron chi connectivity index (χ4n) is 1.62. The molecule has 0 bridgehead atoms. The van der Waals surface area contributed by atoms with E-state index < -0.39 is 0 Å². The highest BCUT2D eigenvalue weighted by Crippen LogP contribution is 2.14. The molecule has 2 aromatic carbocycles. The van der Waals surface area contributed by atoms with Gasteiger partial charge in [0.1, 0.15) is 5.75 Å². The summed E-state index contributed by atoms with van der Waals surface area (Å²) in [7, 11) is 1.65. The van der Waals surface area contributed by atoms with E-state index in [0.29, 0.717) is 5.56 Å². The van der Waals surface area contributed by atoms with E-state index in [4.69, 9.17) is 10.00 Å². The molecule has 0 unspecified atom stereocenters. The zero-order valence-corrected chi connectivity index (χ0v) is 10.1. The molecule has 0 heterocycles. The summed E-state index contributed by atoms with van der Waals surface area (Å²) in [5, 5.41) is 8.82. The third-order valence-corrected chi connectivity index (χ3v) is 2.60. The van der Waals surface area contributed by atoms with Gasteiger partial charge in [-0.15, -0.1) is 0 Å². The zero-order chi connectivity index (χ0) is 12.8. The van der Waals surface area contributed by atoms with Crippen LogP contribution in [-0.2, 0) is 0 Å². The Bertz CT molecular complexity index is 591. The Morgan fingerprint density at radius 3 is 2.39 bits per heavy atom. The van der Waals surface area contributed by atoms with E-state index in [1.807, 2.05) is 54.6 Å². The maximum atomic E-state index is 8.82. The summed E-state index contributed by atoms with van der Waals surface area (Å²) in [6.07, 6.45) is 4.00. The smallest absolute Gasteiger partial charge is 0.118 e. The first kappa shape index (κ1) is 11.9. The molecular formula is C16H13NO. The zero-order valence-electron chi connectivity index (χ0n) is 10.1. The minimum Gasteiger partial charge on any atom is -0.497 e. The molecule has 0 fully saturated rings. The molecule has 88 valence electrons. The van der Waals surface area contributed by atoms with Gasteiger partial charge in [0.05, 0.1) is 18.7 Å². The van der Waals surface area contributed by atoms with Crippen LogP contribution in [0.3, 0.4) is 0 Å². The van der Waals surface area contributed by atoms with E-state index in [0.717, 1.165) is 16.9 Å². The Labute approximate surface area is 107 Å². The lowest BCUT2D eigenvalue weighted by molar-refractivity contribution is 0.415. The van der Waals surface area contributed by atoms with Crippen molar-refractivity contribution in [3.05, 3.63) is 65.2 Å².